The van der Waals surface area contributed by atoms with E-state index in [1.54, 1.807) is 0 Å². The van der Waals surface area contributed by atoms with Crippen molar-refractivity contribution in [1.82, 2.24) is 4.90 Å². The van der Waals surface area contributed by atoms with Crippen LogP contribution in [-0.4, -0.2) is 29.2 Å². The monoisotopic (exact) mass is 307 g/mol. The first-order valence-corrected chi connectivity index (χ1v) is 8.82. The van der Waals surface area contributed by atoms with Crippen molar-refractivity contribution in [3.8, 4) is 0 Å². The van der Waals surface area contributed by atoms with Crippen LogP contribution in [0, 0.1) is 6.92 Å². The van der Waals surface area contributed by atoms with Crippen molar-refractivity contribution < 1.29 is 9.59 Å². The van der Waals surface area contributed by atoms with E-state index in [1.807, 2.05) is 30.9 Å². The van der Waals surface area contributed by atoms with Gasteiger partial charge in [-0.05, 0) is 38.8 Å². The summed E-state index contributed by atoms with van der Waals surface area (Å²) in [6.45, 7) is 4.79. The average Bonchev–Trinajstić information content (AvgIpc) is 2.93. The predicted molar refractivity (Wildman–Crippen MR) is 86.9 cm³/mol. The zero-order chi connectivity index (χ0) is 15.2. The van der Waals surface area contributed by atoms with Crippen LogP contribution in [0.2, 0.25) is 0 Å². The van der Waals surface area contributed by atoms with Gasteiger partial charge >= 0.3 is 0 Å². The van der Waals surface area contributed by atoms with Crippen molar-refractivity contribution in [3.63, 3.8) is 0 Å². The molecular formula is C17H25NO2S. The molecule has 0 aromatic carbocycles. The Kier molecular flexibility index (Phi) is 5.97. The van der Waals surface area contributed by atoms with Crippen LogP contribution in [0.15, 0.2) is 12.1 Å². The summed E-state index contributed by atoms with van der Waals surface area (Å²) >= 11 is 1.52. The Labute approximate surface area is 131 Å². The summed E-state index contributed by atoms with van der Waals surface area (Å²) in [5.41, 5.74) is 0. The lowest BCUT2D eigenvalue weighted by atomic mass is 9.94. The van der Waals surface area contributed by atoms with Crippen molar-refractivity contribution in [2.45, 2.75) is 64.8 Å². The molecule has 2 rings (SSSR count). The van der Waals surface area contributed by atoms with E-state index < -0.39 is 0 Å². The van der Waals surface area contributed by atoms with Crippen LogP contribution in [-0.2, 0) is 4.79 Å². The van der Waals surface area contributed by atoms with Gasteiger partial charge in [0.05, 0.1) is 4.88 Å². The molecule has 1 amide bonds. The van der Waals surface area contributed by atoms with Crippen LogP contribution >= 0.6 is 11.3 Å². The molecule has 0 unspecified atom stereocenters. The average molecular weight is 307 g/mol. The number of aryl methyl sites for hydroxylation is 1. The van der Waals surface area contributed by atoms with Crippen LogP contribution < -0.4 is 0 Å². The molecule has 0 saturated heterocycles. The number of carbonyl (C=O) groups is 2. The summed E-state index contributed by atoms with van der Waals surface area (Å²) in [5.74, 6) is 0.243. The molecule has 116 valence electrons. The van der Waals surface area contributed by atoms with Crippen molar-refractivity contribution in [2.75, 3.05) is 6.54 Å². The van der Waals surface area contributed by atoms with Crippen LogP contribution in [0.25, 0.3) is 0 Å². The van der Waals surface area contributed by atoms with Crippen LogP contribution in [0.5, 0.6) is 0 Å². The third kappa shape index (κ3) is 4.40. The van der Waals surface area contributed by atoms with Gasteiger partial charge in [-0.25, -0.2) is 0 Å². The third-order valence-corrected chi connectivity index (χ3v) is 5.30. The molecule has 1 aromatic heterocycles. The number of thiophene rings is 1. The largest absolute Gasteiger partial charge is 0.340 e. The molecule has 3 nitrogen and oxygen atoms in total. The van der Waals surface area contributed by atoms with Crippen LogP contribution in [0.3, 0.4) is 0 Å². The van der Waals surface area contributed by atoms with E-state index in [4.69, 9.17) is 0 Å². The number of nitrogens with zero attached hydrogens (tertiary/aromatic N) is 1. The van der Waals surface area contributed by atoms with E-state index in [1.165, 1.54) is 30.6 Å². The molecule has 1 fully saturated rings. The van der Waals surface area contributed by atoms with E-state index >= 15 is 0 Å². The molecular weight excluding hydrogens is 282 g/mol. The highest BCUT2D eigenvalue weighted by atomic mass is 32.1. The quantitative estimate of drug-likeness (QED) is 0.739. The number of amides is 1. The SMILES string of the molecule is CCN(C(=O)CCC(=O)c1ccc(C)s1)C1CCCCC1. The Morgan fingerprint density at radius 2 is 1.90 bits per heavy atom. The molecule has 21 heavy (non-hydrogen) atoms. The highest BCUT2D eigenvalue weighted by Gasteiger charge is 2.24. The zero-order valence-electron chi connectivity index (χ0n) is 13.1. The first-order valence-electron chi connectivity index (χ1n) is 8.01. The number of rotatable bonds is 6. The lowest BCUT2D eigenvalue weighted by molar-refractivity contribution is -0.133. The molecule has 0 atom stereocenters. The van der Waals surface area contributed by atoms with Gasteiger partial charge < -0.3 is 4.90 Å². The Morgan fingerprint density at radius 3 is 2.48 bits per heavy atom. The number of carbonyl (C=O) groups excluding carboxylic acids is 2. The van der Waals surface area contributed by atoms with Gasteiger partial charge in [-0.3, -0.25) is 9.59 Å². The highest BCUT2D eigenvalue weighted by Crippen LogP contribution is 2.24. The molecule has 1 aromatic rings. The molecule has 0 spiro atoms. The predicted octanol–water partition coefficient (Wildman–Crippen LogP) is 4.20. The highest BCUT2D eigenvalue weighted by molar-refractivity contribution is 7.14. The Balaban J connectivity index is 1.86. The number of Topliss-reactive ketones (excluding diaryl/α,β-unsaturated/α-hetero) is 1. The second kappa shape index (κ2) is 7.74. The second-order valence-electron chi connectivity index (χ2n) is 5.81. The summed E-state index contributed by atoms with van der Waals surface area (Å²) in [5, 5.41) is 0. The Hall–Kier alpha value is -1.16. The third-order valence-electron chi connectivity index (χ3n) is 4.26. The molecule has 0 aliphatic heterocycles. The fourth-order valence-electron chi connectivity index (χ4n) is 3.10. The van der Waals surface area contributed by atoms with E-state index in [2.05, 4.69) is 0 Å². The van der Waals surface area contributed by atoms with Crippen LogP contribution in [0.4, 0.5) is 0 Å². The van der Waals surface area contributed by atoms with E-state index in [9.17, 15) is 9.59 Å². The summed E-state index contributed by atoms with van der Waals surface area (Å²) < 4.78 is 0. The molecule has 1 saturated carbocycles. The second-order valence-corrected chi connectivity index (χ2v) is 7.09. The number of ketones is 1. The van der Waals surface area contributed by atoms with E-state index in [0.717, 1.165) is 29.1 Å². The zero-order valence-corrected chi connectivity index (χ0v) is 13.9. The normalized spacial score (nSPS) is 15.9. The van der Waals surface area contributed by atoms with Gasteiger partial charge in [0.15, 0.2) is 5.78 Å². The summed E-state index contributed by atoms with van der Waals surface area (Å²) in [7, 11) is 0. The first kappa shape index (κ1) is 16.2. The molecule has 1 heterocycles. The lowest BCUT2D eigenvalue weighted by Gasteiger charge is -2.33. The maximum atomic E-state index is 12.4. The number of hydrogen-bond acceptors (Lipinski definition) is 3. The van der Waals surface area contributed by atoms with Gasteiger partial charge in [-0.1, -0.05) is 19.3 Å². The van der Waals surface area contributed by atoms with E-state index in [0.29, 0.717) is 18.9 Å². The van der Waals surface area contributed by atoms with Crippen molar-refractivity contribution >= 4 is 23.0 Å². The van der Waals surface area contributed by atoms with Gasteiger partial charge in [0.1, 0.15) is 0 Å². The van der Waals surface area contributed by atoms with Gasteiger partial charge in [0.25, 0.3) is 0 Å². The minimum absolute atomic E-state index is 0.0983. The fraction of sp³-hybridized carbons (Fsp3) is 0.647. The molecule has 4 heteroatoms. The smallest absolute Gasteiger partial charge is 0.223 e. The molecule has 0 N–H and O–H groups in total. The van der Waals surface area contributed by atoms with Crippen molar-refractivity contribution in [3.05, 3.63) is 21.9 Å². The summed E-state index contributed by atoms with van der Waals surface area (Å²) in [4.78, 5) is 28.4. The Morgan fingerprint density at radius 1 is 1.19 bits per heavy atom. The van der Waals surface area contributed by atoms with Gasteiger partial charge in [0, 0.05) is 30.3 Å². The molecule has 0 bridgehead atoms. The topological polar surface area (TPSA) is 37.4 Å². The molecule has 1 aliphatic rings. The van der Waals surface area contributed by atoms with Gasteiger partial charge in [0.2, 0.25) is 5.91 Å². The molecule has 1 aliphatic carbocycles. The van der Waals surface area contributed by atoms with Gasteiger partial charge in [-0.2, -0.15) is 0 Å². The minimum atomic E-state index is 0.0983. The van der Waals surface area contributed by atoms with Crippen molar-refractivity contribution in [2.24, 2.45) is 0 Å². The lowest BCUT2D eigenvalue weighted by Crippen LogP contribution is -2.41. The first-order chi connectivity index (χ1) is 10.1. The van der Waals surface area contributed by atoms with Crippen molar-refractivity contribution in [1.29, 1.82) is 0 Å². The number of hydrogen-bond donors (Lipinski definition) is 0. The Bertz CT molecular complexity index is 489. The maximum absolute atomic E-state index is 12.4. The van der Waals surface area contributed by atoms with E-state index in [-0.39, 0.29) is 11.7 Å². The van der Waals surface area contributed by atoms with Gasteiger partial charge in [-0.15, -0.1) is 11.3 Å². The fourth-order valence-corrected chi connectivity index (χ4v) is 3.94. The summed E-state index contributed by atoms with van der Waals surface area (Å²) in [6.07, 6.45) is 6.67. The minimum Gasteiger partial charge on any atom is -0.340 e. The standard InChI is InChI=1S/C17H25NO2S/c1-3-18(14-7-5-4-6-8-14)17(20)12-10-15(19)16-11-9-13(2)21-16/h9,11,14H,3-8,10,12H2,1-2H3. The summed E-state index contributed by atoms with van der Waals surface area (Å²) in [6, 6.07) is 4.22. The van der Waals surface area contributed by atoms with Crippen LogP contribution in [0.1, 0.15) is 66.4 Å². The maximum Gasteiger partial charge on any atom is 0.223 e. The molecule has 0 radical (unpaired) electrons.